The largest absolute Gasteiger partial charge is 0.469 e. The zero-order valence-corrected chi connectivity index (χ0v) is 13.3. The Morgan fingerprint density at radius 3 is 2.48 bits per heavy atom. The van der Waals surface area contributed by atoms with Crippen LogP contribution in [0.25, 0.3) is 0 Å². The molecule has 0 bridgehead atoms. The van der Waals surface area contributed by atoms with E-state index in [1.54, 1.807) is 23.1 Å². The lowest BCUT2D eigenvalue weighted by atomic mass is 9.96. The number of piperidine rings is 1. The van der Waals surface area contributed by atoms with Gasteiger partial charge in [-0.1, -0.05) is 29.3 Å². The molecule has 0 unspecified atom stereocenters. The number of hydrogen-bond acceptors (Lipinski definition) is 3. The SMILES string of the molecule is COC(=O)C1CCN(C(=O)Cc2ccc(Cl)c(Cl)c2)CC1. The molecule has 21 heavy (non-hydrogen) atoms. The molecule has 0 aliphatic carbocycles. The highest BCUT2D eigenvalue weighted by Gasteiger charge is 2.27. The first-order valence-corrected chi connectivity index (χ1v) is 7.56. The molecule has 1 heterocycles. The van der Waals surface area contributed by atoms with E-state index in [4.69, 9.17) is 27.9 Å². The maximum atomic E-state index is 12.2. The first kappa shape index (κ1) is 16.1. The maximum absolute atomic E-state index is 12.2. The van der Waals surface area contributed by atoms with E-state index >= 15 is 0 Å². The number of halogens is 2. The van der Waals surface area contributed by atoms with Gasteiger partial charge in [-0.3, -0.25) is 9.59 Å². The van der Waals surface area contributed by atoms with Crippen molar-refractivity contribution in [2.45, 2.75) is 19.3 Å². The van der Waals surface area contributed by atoms with E-state index in [0.29, 0.717) is 42.4 Å². The molecule has 4 nitrogen and oxygen atoms in total. The van der Waals surface area contributed by atoms with E-state index in [1.807, 2.05) is 0 Å². The summed E-state index contributed by atoms with van der Waals surface area (Å²) in [6.07, 6.45) is 1.60. The molecule has 6 heteroatoms. The monoisotopic (exact) mass is 329 g/mol. The molecule has 0 atom stereocenters. The average molecular weight is 330 g/mol. The summed E-state index contributed by atoms with van der Waals surface area (Å²) in [5, 5.41) is 0.929. The van der Waals surface area contributed by atoms with Crippen LogP contribution >= 0.6 is 23.2 Å². The van der Waals surface area contributed by atoms with Crippen LogP contribution in [-0.4, -0.2) is 37.0 Å². The highest BCUT2D eigenvalue weighted by molar-refractivity contribution is 6.42. The third kappa shape index (κ3) is 4.11. The Kier molecular flexibility index (Phi) is 5.48. The number of nitrogens with zero attached hydrogens (tertiary/aromatic N) is 1. The topological polar surface area (TPSA) is 46.6 Å². The number of hydrogen-bond donors (Lipinski definition) is 0. The lowest BCUT2D eigenvalue weighted by molar-refractivity contribution is -0.148. The van der Waals surface area contributed by atoms with Crippen molar-refractivity contribution in [3.8, 4) is 0 Å². The summed E-state index contributed by atoms with van der Waals surface area (Å²) < 4.78 is 4.74. The molecule has 1 aromatic carbocycles. The van der Waals surface area contributed by atoms with E-state index < -0.39 is 0 Å². The molecule has 2 rings (SSSR count). The number of carbonyl (C=O) groups is 2. The van der Waals surface area contributed by atoms with Gasteiger partial charge in [-0.05, 0) is 30.5 Å². The van der Waals surface area contributed by atoms with Crippen LogP contribution in [0.4, 0.5) is 0 Å². The molecule has 0 spiro atoms. The van der Waals surface area contributed by atoms with E-state index in [-0.39, 0.29) is 17.8 Å². The van der Waals surface area contributed by atoms with Gasteiger partial charge in [0.1, 0.15) is 0 Å². The number of methoxy groups -OCH3 is 1. The molecule has 0 radical (unpaired) electrons. The fourth-order valence-electron chi connectivity index (χ4n) is 2.47. The van der Waals surface area contributed by atoms with Gasteiger partial charge in [0.15, 0.2) is 0 Å². The summed E-state index contributed by atoms with van der Waals surface area (Å²) in [6.45, 7) is 1.17. The lowest BCUT2D eigenvalue weighted by Gasteiger charge is -2.30. The normalized spacial score (nSPS) is 15.9. The Hall–Kier alpha value is -1.26. The van der Waals surface area contributed by atoms with E-state index in [1.165, 1.54) is 7.11 Å². The molecular weight excluding hydrogens is 313 g/mol. The molecule has 1 amide bonds. The van der Waals surface area contributed by atoms with Crippen LogP contribution < -0.4 is 0 Å². The number of esters is 1. The van der Waals surface area contributed by atoms with Crippen LogP contribution in [0.3, 0.4) is 0 Å². The van der Waals surface area contributed by atoms with Crippen LogP contribution in [0.5, 0.6) is 0 Å². The van der Waals surface area contributed by atoms with Crippen molar-refractivity contribution in [2.75, 3.05) is 20.2 Å². The summed E-state index contributed by atoms with van der Waals surface area (Å²) in [5.74, 6) is -0.243. The van der Waals surface area contributed by atoms with Gasteiger partial charge in [0.2, 0.25) is 5.91 Å². The number of likely N-dealkylation sites (tertiary alicyclic amines) is 1. The van der Waals surface area contributed by atoms with Gasteiger partial charge in [-0.2, -0.15) is 0 Å². The fourth-order valence-corrected chi connectivity index (χ4v) is 2.79. The van der Waals surface area contributed by atoms with Gasteiger partial charge in [0.05, 0.1) is 29.5 Å². The van der Waals surface area contributed by atoms with Crippen molar-refractivity contribution < 1.29 is 14.3 Å². The van der Waals surface area contributed by atoms with Crippen LogP contribution in [-0.2, 0) is 20.7 Å². The predicted molar refractivity (Wildman–Crippen MR) is 81.5 cm³/mol. The Morgan fingerprint density at radius 1 is 1.24 bits per heavy atom. The Morgan fingerprint density at radius 2 is 1.90 bits per heavy atom. The quantitative estimate of drug-likeness (QED) is 0.801. The Bertz CT molecular complexity index is 540. The van der Waals surface area contributed by atoms with Gasteiger partial charge in [-0.25, -0.2) is 0 Å². The van der Waals surface area contributed by atoms with Gasteiger partial charge in [0.25, 0.3) is 0 Å². The highest BCUT2D eigenvalue weighted by Crippen LogP contribution is 2.24. The van der Waals surface area contributed by atoms with Crippen molar-refractivity contribution in [2.24, 2.45) is 5.92 Å². The summed E-state index contributed by atoms with van der Waals surface area (Å²) in [7, 11) is 1.39. The van der Waals surface area contributed by atoms with Crippen LogP contribution in [0.2, 0.25) is 10.0 Å². The van der Waals surface area contributed by atoms with Gasteiger partial charge < -0.3 is 9.64 Å². The number of rotatable bonds is 3. The second-order valence-electron chi connectivity index (χ2n) is 5.10. The van der Waals surface area contributed by atoms with E-state index in [0.717, 1.165) is 5.56 Å². The molecular formula is C15H17Cl2NO3. The smallest absolute Gasteiger partial charge is 0.308 e. The second kappa shape index (κ2) is 7.14. The second-order valence-corrected chi connectivity index (χ2v) is 5.92. The number of benzene rings is 1. The van der Waals surface area contributed by atoms with Crippen molar-refractivity contribution in [3.63, 3.8) is 0 Å². The summed E-state index contributed by atoms with van der Waals surface area (Å²) >= 11 is 11.8. The van der Waals surface area contributed by atoms with Crippen molar-refractivity contribution in [3.05, 3.63) is 33.8 Å². The molecule has 0 N–H and O–H groups in total. The highest BCUT2D eigenvalue weighted by atomic mass is 35.5. The Labute approximate surface area is 134 Å². The standard InChI is InChI=1S/C15H17Cl2NO3/c1-21-15(20)11-4-6-18(7-5-11)14(19)9-10-2-3-12(16)13(17)8-10/h2-3,8,11H,4-7,9H2,1H3. The maximum Gasteiger partial charge on any atom is 0.308 e. The summed E-state index contributed by atoms with van der Waals surface area (Å²) in [6, 6.07) is 5.20. The van der Waals surface area contributed by atoms with Gasteiger partial charge >= 0.3 is 5.97 Å². The molecule has 0 aromatic heterocycles. The number of amides is 1. The van der Waals surface area contributed by atoms with Crippen LogP contribution in [0.15, 0.2) is 18.2 Å². The third-order valence-corrected chi connectivity index (χ3v) is 4.46. The van der Waals surface area contributed by atoms with Gasteiger partial charge in [-0.15, -0.1) is 0 Å². The fraction of sp³-hybridized carbons (Fsp3) is 0.467. The molecule has 1 aliphatic rings. The van der Waals surface area contributed by atoms with Crippen molar-refractivity contribution in [1.82, 2.24) is 4.90 Å². The predicted octanol–water partition coefficient (Wildman–Crippen LogP) is 2.95. The lowest BCUT2D eigenvalue weighted by Crippen LogP contribution is -2.41. The number of carbonyl (C=O) groups excluding carboxylic acids is 2. The zero-order valence-electron chi connectivity index (χ0n) is 11.8. The van der Waals surface area contributed by atoms with Crippen molar-refractivity contribution >= 4 is 35.1 Å². The zero-order chi connectivity index (χ0) is 15.4. The molecule has 114 valence electrons. The molecule has 1 aromatic rings. The van der Waals surface area contributed by atoms with Gasteiger partial charge in [0, 0.05) is 13.1 Å². The molecule has 1 fully saturated rings. The minimum absolute atomic E-state index is 0.0386. The molecule has 1 saturated heterocycles. The first-order chi connectivity index (χ1) is 10.0. The van der Waals surface area contributed by atoms with Crippen LogP contribution in [0.1, 0.15) is 18.4 Å². The molecule has 0 saturated carbocycles. The molecule has 1 aliphatic heterocycles. The number of ether oxygens (including phenoxy) is 1. The summed E-state index contributed by atoms with van der Waals surface area (Å²) in [5.41, 5.74) is 0.837. The van der Waals surface area contributed by atoms with E-state index in [9.17, 15) is 9.59 Å². The van der Waals surface area contributed by atoms with Crippen LogP contribution in [0, 0.1) is 5.92 Å². The minimum Gasteiger partial charge on any atom is -0.469 e. The van der Waals surface area contributed by atoms with E-state index in [2.05, 4.69) is 0 Å². The van der Waals surface area contributed by atoms with Crippen molar-refractivity contribution in [1.29, 1.82) is 0 Å². The minimum atomic E-state index is -0.188. The first-order valence-electron chi connectivity index (χ1n) is 6.80. The Balaban J connectivity index is 1.90. The third-order valence-electron chi connectivity index (χ3n) is 3.72. The summed E-state index contributed by atoms with van der Waals surface area (Å²) in [4.78, 5) is 25.5. The average Bonchev–Trinajstić information content (AvgIpc) is 2.50.